The van der Waals surface area contributed by atoms with Gasteiger partial charge in [0.2, 0.25) is 0 Å². The number of nitro groups is 1. The van der Waals surface area contributed by atoms with Crippen molar-refractivity contribution in [2.24, 2.45) is 0 Å². The number of rotatable bonds is 4. The van der Waals surface area contributed by atoms with Crippen LogP contribution in [0.3, 0.4) is 0 Å². The summed E-state index contributed by atoms with van der Waals surface area (Å²) in [6.07, 6.45) is 5.36. The van der Waals surface area contributed by atoms with Gasteiger partial charge in [-0.2, -0.15) is 0 Å². The van der Waals surface area contributed by atoms with Crippen LogP contribution in [0.2, 0.25) is 0 Å². The zero-order chi connectivity index (χ0) is 19.5. The number of aromatic nitrogens is 2. The third-order valence-corrected chi connectivity index (χ3v) is 4.22. The van der Waals surface area contributed by atoms with Crippen molar-refractivity contribution in [2.75, 3.05) is 18.5 Å². The Kier molecular flexibility index (Phi) is 4.63. The highest BCUT2D eigenvalue weighted by Gasteiger charge is 2.19. The summed E-state index contributed by atoms with van der Waals surface area (Å²) in [7, 11) is 0. The summed E-state index contributed by atoms with van der Waals surface area (Å²) in [4.78, 5) is 27.4. The van der Waals surface area contributed by atoms with E-state index < -0.39 is 10.8 Å². The molecular weight excluding hydrogens is 364 g/mol. The maximum atomic E-state index is 12.6. The number of carbonyl (C=O) groups excluding carboxylic acids is 1. The Balaban J connectivity index is 1.59. The Hall–Kier alpha value is -3.88. The van der Waals surface area contributed by atoms with Gasteiger partial charge in [-0.15, -0.1) is 0 Å². The second-order valence-corrected chi connectivity index (χ2v) is 6.10. The van der Waals surface area contributed by atoms with Crippen LogP contribution in [0.4, 0.5) is 11.4 Å². The average molecular weight is 380 g/mol. The quantitative estimate of drug-likeness (QED) is 0.550. The first-order chi connectivity index (χ1) is 13.6. The first-order valence-corrected chi connectivity index (χ1v) is 8.59. The smallest absolute Gasteiger partial charge is 0.294 e. The van der Waals surface area contributed by atoms with Crippen LogP contribution in [0.25, 0.3) is 5.69 Å². The van der Waals surface area contributed by atoms with Crippen LogP contribution in [-0.2, 0) is 0 Å². The van der Waals surface area contributed by atoms with Crippen LogP contribution in [-0.4, -0.2) is 33.6 Å². The molecule has 0 fully saturated rings. The van der Waals surface area contributed by atoms with Crippen LogP contribution in [0, 0.1) is 10.1 Å². The van der Waals surface area contributed by atoms with Crippen molar-refractivity contribution >= 4 is 17.3 Å². The lowest BCUT2D eigenvalue weighted by Gasteiger charge is -2.11. The molecule has 0 saturated carbocycles. The maximum Gasteiger partial charge on any atom is 0.294 e. The second kappa shape index (κ2) is 7.39. The molecule has 1 aliphatic heterocycles. The average Bonchev–Trinajstić information content (AvgIpc) is 3.13. The predicted octanol–water partition coefficient (Wildman–Crippen LogP) is 3.19. The van der Waals surface area contributed by atoms with Gasteiger partial charge in [-0.1, -0.05) is 0 Å². The SMILES string of the molecule is O=C(Nc1ccc2c(c1)OCCCO2)c1ccc(-n2ccnc2)c([N+](=O)[O-])c1. The third kappa shape index (κ3) is 3.50. The molecule has 2 aromatic carbocycles. The number of ether oxygens (including phenoxy) is 2. The number of hydrogen-bond acceptors (Lipinski definition) is 6. The highest BCUT2D eigenvalue weighted by atomic mass is 16.6. The third-order valence-electron chi connectivity index (χ3n) is 4.22. The Bertz CT molecular complexity index is 1030. The summed E-state index contributed by atoms with van der Waals surface area (Å²) in [5.74, 6) is 0.710. The van der Waals surface area contributed by atoms with Gasteiger partial charge in [0.1, 0.15) is 5.69 Å². The molecule has 4 rings (SSSR count). The summed E-state index contributed by atoms with van der Waals surface area (Å²) < 4.78 is 12.7. The van der Waals surface area contributed by atoms with E-state index in [1.807, 2.05) is 0 Å². The van der Waals surface area contributed by atoms with Crippen LogP contribution in [0.1, 0.15) is 16.8 Å². The number of anilines is 1. The van der Waals surface area contributed by atoms with E-state index in [0.29, 0.717) is 36.1 Å². The molecular formula is C19H16N4O5. The monoisotopic (exact) mass is 380 g/mol. The van der Waals surface area contributed by atoms with Crippen LogP contribution in [0.5, 0.6) is 11.5 Å². The Labute approximate surface area is 159 Å². The zero-order valence-electron chi connectivity index (χ0n) is 14.7. The lowest BCUT2D eigenvalue weighted by Crippen LogP contribution is -2.13. The molecule has 0 unspecified atom stereocenters. The normalized spacial score (nSPS) is 12.9. The summed E-state index contributed by atoms with van der Waals surface area (Å²) in [6.45, 7) is 1.11. The lowest BCUT2D eigenvalue weighted by atomic mass is 10.1. The molecule has 0 radical (unpaired) electrons. The number of amides is 1. The van der Waals surface area contributed by atoms with Crippen molar-refractivity contribution in [3.63, 3.8) is 0 Å². The molecule has 142 valence electrons. The zero-order valence-corrected chi connectivity index (χ0v) is 14.7. The molecule has 0 spiro atoms. The molecule has 0 saturated heterocycles. The Morgan fingerprint density at radius 1 is 1.14 bits per heavy atom. The fourth-order valence-corrected chi connectivity index (χ4v) is 2.88. The summed E-state index contributed by atoms with van der Waals surface area (Å²) >= 11 is 0. The largest absolute Gasteiger partial charge is 0.490 e. The molecule has 3 aromatic rings. The maximum absolute atomic E-state index is 12.6. The fourth-order valence-electron chi connectivity index (χ4n) is 2.88. The minimum atomic E-state index is -0.528. The summed E-state index contributed by atoms with van der Waals surface area (Å²) in [6, 6.07) is 9.38. The fraction of sp³-hybridized carbons (Fsp3) is 0.158. The number of benzene rings is 2. The topological polar surface area (TPSA) is 109 Å². The van der Waals surface area contributed by atoms with Gasteiger partial charge in [0.25, 0.3) is 11.6 Å². The van der Waals surface area contributed by atoms with E-state index in [1.54, 1.807) is 24.4 Å². The molecule has 9 nitrogen and oxygen atoms in total. The highest BCUT2D eigenvalue weighted by molar-refractivity contribution is 6.05. The molecule has 1 amide bonds. The van der Waals surface area contributed by atoms with Gasteiger partial charge in [0.05, 0.1) is 24.5 Å². The Morgan fingerprint density at radius 2 is 1.96 bits per heavy atom. The van der Waals surface area contributed by atoms with E-state index in [4.69, 9.17) is 9.47 Å². The van der Waals surface area contributed by atoms with Gasteiger partial charge >= 0.3 is 0 Å². The number of fused-ring (bicyclic) bond motifs is 1. The molecule has 0 aliphatic carbocycles. The minimum Gasteiger partial charge on any atom is -0.490 e. The lowest BCUT2D eigenvalue weighted by molar-refractivity contribution is -0.384. The molecule has 0 bridgehead atoms. The van der Waals surface area contributed by atoms with Gasteiger partial charge in [-0.05, 0) is 24.3 Å². The molecule has 28 heavy (non-hydrogen) atoms. The standard InChI is InChI=1S/C19H16N4O5/c24-19(21-14-3-5-17-18(11-14)28-9-1-8-27-17)13-2-4-15(16(10-13)23(25)26)22-7-6-20-12-22/h2-7,10-12H,1,8-9H2,(H,21,24). The van der Waals surface area contributed by atoms with Crippen LogP contribution < -0.4 is 14.8 Å². The number of carbonyl (C=O) groups is 1. The molecule has 2 heterocycles. The van der Waals surface area contributed by atoms with Crippen molar-refractivity contribution in [1.82, 2.24) is 9.55 Å². The van der Waals surface area contributed by atoms with Gasteiger partial charge in [-0.25, -0.2) is 4.98 Å². The van der Waals surface area contributed by atoms with Crippen LogP contribution >= 0.6 is 0 Å². The van der Waals surface area contributed by atoms with Crippen molar-refractivity contribution in [2.45, 2.75) is 6.42 Å². The van der Waals surface area contributed by atoms with Crippen molar-refractivity contribution in [3.05, 3.63) is 70.8 Å². The number of nitro benzene ring substituents is 1. The highest BCUT2D eigenvalue weighted by Crippen LogP contribution is 2.32. The molecule has 1 aliphatic rings. The number of imidazole rings is 1. The molecule has 9 heteroatoms. The number of hydrogen-bond donors (Lipinski definition) is 1. The first kappa shape index (κ1) is 17.5. The molecule has 0 atom stereocenters. The van der Waals surface area contributed by atoms with E-state index in [0.717, 1.165) is 6.42 Å². The van der Waals surface area contributed by atoms with Gasteiger partial charge < -0.3 is 19.4 Å². The van der Waals surface area contributed by atoms with Crippen molar-refractivity contribution < 1.29 is 19.2 Å². The van der Waals surface area contributed by atoms with Gasteiger partial charge in [-0.3, -0.25) is 14.9 Å². The van der Waals surface area contributed by atoms with Gasteiger partial charge in [0.15, 0.2) is 11.5 Å². The van der Waals surface area contributed by atoms with Crippen LogP contribution in [0.15, 0.2) is 55.1 Å². The van der Waals surface area contributed by atoms with E-state index in [9.17, 15) is 14.9 Å². The summed E-state index contributed by atoms with van der Waals surface area (Å²) in [5.41, 5.74) is 0.817. The van der Waals surface area contributed by atoms with E-state index in [2.05, 4.69) is 10.3 Å². The Morgan fingerprint density at radius 3 is 2.71 bits per heavy atom. The minimum absolute atomic E-state index is 0.169. The van der Waals surface area contributed by atoms with E-state index in [1.165, 1.54) is 35.3 Å². The van der Waals surface area contributed by atoms with Gasteiger partial charge in [0, 0.05) is 42.2 Å². The van der Waals surface area contributed by atoms with E-state index in [-0.39, 0.29) is 11.3 Å². The number of nitrogens with one attached hydrogen (secondary N) is 1. The number of nitrogens with zero attached hydrogens (tertiary/aromatic N) is 3. The summed E-state index contributed by atoms with van der Waals surface area (Å²) in [5, 5.41) is 14.2. The first-order valence-electron chi connectivity index (χ1n) is 8.59. The molecule has 1 N–H and O–H groups in total. The second-order valence-electron chi connectivity index (χ2n) is 6.10. The van der Waals surface area contributed by atoms with E-state index >= 15 is 0 Å². The molecule has 1 aromatic heterocycles. The van der Waals surface area contributed by atoms with Crippen molar-refractivity contribution in [1.29, 1.82) is 0 Å². The van der Waals surface area contributed by atoms with Crippen molar-refractivity contribution in [3.8, 4) is 17.2 Å². The predicted molar refractivity (Wildman–Crippen MR) is 100 cm³/mol.